The molecule has 0 aliphatic heterocycles. The van der Waals surface area contributed by atoms with Gasteiger partial charge in [0.1, 0.15) is 5.75 Å². The third-order valence-electron chi connectivity index (χ3n) is 3.78. The topological polar surface area (TPSA) is 99.4 Å². The van der Waals surface area contributed by atoms with Crippen LogP contribution in [0.2, 0.25) is 5.02 Å². The second-order valence-electron chi connectivity index (χ2n) is 6.06. The smallest absolute Gasteiger partial charge is 0.308 e. The molecule has 0 spiro atoms. The third kappa shape index (κ3) is 5.72. The Hall–Kier alpha value is -3.04. The van der Waals surface area contributed by atoms with Gasteiger partial charge in [-0.15, -0.1) is 5.10 Å². The van der Waals surface area contributed by atoms with E-state index < -0.39 is 17.9 Å². The van der Waals surface area contributed by atoms with Crippen molar-refractivity contribution in [2.24, 2.45) is 0 Å². The molecule has 0 radical (unpaired) electrons. The molecule has 1 unspecified atom stereocenters. The first-order chi connectivity index (χ1) is 13.9. The quantitative estimate of drug-likeness (QED) is 0.559. The third-order valence-corrected chi connectivity index (χ3v) is 3.99. The van der Waals surface area contributed by atoms with Crippen LogP contribution >= 0.6 is 11.6 Å². The second-order valence-corrected chi connectivity index (χ2v) is 6.49. The van der Waals surface area contributed by atoms with E-state index in [2.05, 4.69) is 15.3 Å². The lowest BCUT2D eigenvalue weighted by Gasteiger charge is -2.07. The monoisotopic (exact) mass is 420 g/mol. The number of hydrogen-bond acceptors (Lipinski definition) is 7. The van der Waals surface area contributed by atoms with Crippen LogP contribution < -0.4 is 4.74 Å². The van der Waals surface area contributed by atoms with Crippen molar-refractivity contribution in [1.29, 1.82) is 0 Å². The molecule has 3 rings (SSSR count). The zero-order valence-corrected chi connectivity index (χ0v) is 16.2. The van der Waals surface area contributed by atoms with Crippen molar-refractivity contribution in [3.63, 3.8) is 0 Å². The summed E-state index contributed by atoms with van der Waals surface area (Å²) in [4.78, 5) is 15.2. The van der Waals surface area contributed by atoms with Crippen LogP contribution in [0.25, 0.3) is 5.69 Å². The summed E-state index contributed by atoms with van der Waals surface area (Å²) in [5, 5.41) is 18.1. The molecule has 0 aliphatic rings. The summed E-state index contributed by atoms with van der Waals surface area (Å²) in [6.07, 6.45) is 2.09. The number of pyridine rings is 1. The van der Waals surface area contributed by atoms with Crippen molar-refractivity contribution in [3.05, 3.63) is 59.3 Å². The van der Waals surface area contributed by atoms with Crippen molar-refractivity contribution in [3.8, 4) is 17.3 Å². The van der Waals surface area contributed by atoms with Gasteiger partial charge in [-0.2, -0.15) is 0 Å². The lowest BCUT2D eigenvalue weighted by Crippen LogP contribution is -2.18. The minimum absolute atomic E-state index is 0.109. The van der Waals surface area contributed by atoms with Crippen molar-refractivity contribution < 1.29 is 23.8 Å². The Morgan fingerprint density at radius 2 is 2.10 bits per heavy atom. The molecule has 3 aromatic rings. The number of nitrogens with zero attached hydrogens (tertiary/aromatic N) is 4. The fourth-order valence-electron chi connectivity index (χ4n) is 2.50. The Morgan fingerprint density at radius 3 is 2.79 bits per heavy atom. The van der Waals surface area contributed by atoms with Crippen LogP contribution in [0.5, 0.6) is 11.6 Å². The maximum atomic E-state index is 13.8. The SMILES string of the molecule is CCOC(=O)CC(O)Cc1cn(-c2ccc(Oc3ncc(Cl)cc3F)cc2)nn1. The van der Waals surface area contributed by atoms with E-state index in [-0.39, 0.29) is 30.4 Å². The van der Waals surface area contributed by atoms with Crippen molar-refractivity contribution in [2.45, 2.75) is 25.9 Å². The molecule has 1 atom stereocenters. The van der Waals surface area contributed by atoms with Crippen LogP contribution in [0.1, 0.15) is 19.0 Å². The number of hydrogen-bond donors (Lipinski definition) is 1. The van der Waals surface area contributed by atoms with Gasteiger partial charge in [-0.3, -0.25) is 4.79 Å². The van der Waals surface area contributed by atoms with Crippen molar-refractivity contribution in [1.82, 2.24) is 20.0 Å². The van der Waals surface area contributed by atoms with Crippen LogP contribution in [-0.4, -0.2) is 43.8 Å². The van der Waals surface area contributed by atoms with Crippen LogP contribution in [-0.2, 0) is 16.0 Å². The second kappa shape index (κ2) is 9.44. The molecule has 0 amide bonds. The maximum absolute atomic E-state index is 13.8. The molecule has 2 aromatic heterocycles. The van der Waals surface area contributed by atoms with Gasteiger partial charge in [0.15, 0.2) is 5.82 Å². The molecule has 0 bridgehead atoms. The number of halogens is 2. The highest BCUT2D eigenvalue weighted by molar-refractivity contribution is 6.30. The average molecular weight is 421 g/mol. The normalized spacial score (nSPS) is 11.9. The highest BCUT2D eigenvalue weighted by atomic mass is 35.5. The Kier molecular flexibility index (Phi) is 6.73. The molecule has 0 saturated heterocycles. The van der Waals surface area contributed by atoms with E-state index >= 15 is 0 Å². The molecule has 8 nitrogen and oxygen atoms in total. The van der Waals surface area contributed by atoms with E-state index in [1.54, 1.807) is 37.4 Å². The van der Waals surface area contributed by atoms with Gasteiger partial charge >= 0.3 is 5.97 Å². The molecule has 10 heteroatoms. The first kappa shape index (κ1) is 20.7. The largest absolute Gasteiger partial charge is 0.466 e. The summed E-state index contributed by atoms with van der Waals surface area (Å²) in [5.41, 5.74) is 1.20. The minimum Gasteiger partial charge on any atom is -0.466 e. The number of aromatic nitrogens is 4. The molecule has 29 heavy (non-hydrogen) atoms. The number of carbonyl (C=O) groups excluding carboxylic acids is 1. The predicted molar refractivity (Wildman–Crippen MR) is 102 cm³/mol. The lowest BCUT2D eigenvalue weighted by molar-refractivity contribution is -0.145. The summed E-state index contributed by atoms with van der Waals surface area (Å²) >= 11 is 5.67. The van der Waals surface area contributed by atoms with Gasteiger partial charge in [0.05, 0.1) is 41.7 Å². The number of benzene rings is 1. The van der Waals surface area contributed by atoms with E-state index in [9.17, 15) is 14.3 Å². The fourth-order valence-corrected chi connectivity index (χ4v) is 2.64. The van der Waals surface area contributed by atoms with Crippen molar-refractivity contribution in [2.75, 3.05) is 6.61 Å². The fraction of sp³-hybridized carbons (Fsp3) is 0.263. The van der Waals surface area contributed by atoms with Crippen LogP contribution in [0.4, 0.5) is 4.39 Å². The number of rotatable bonds is 8. The molecular formula is C19H18ClFN4O4. The number of esters is 1. The van der Waals surface area contributed by atoms with Gasteiger partial charge in [-0.05, 0) is 37.3 Å². The summed E-state index contributed by atoms with van der Waals surface area (Å²) in [7, 11) is 0. The molecular weight excluding hydrogens is 403 g/mol. The van der Waals surface area contributed by atoms with Crippen LogP contribution in [0.15, 0.2) is 42.7 Å². The lowest BCUT2D eigenvalue weighted by atomic mass is 10.1. The van der Waals surface area contributed by atoms with E-state index in [0.29, 0.717) is 17.1 Å². The zero-order valence-electron chi connectivity index (χ0n) is 15.5. The van der Waals surface area contributed by atoms with Gasteiger partial charge in [0.2, 0.25) is 0 Å². The zero-order chi connectivity index (χ0) is 20.8. The van der Waals surface area contributed by atoms with E-state index in [0.717, 1.165) is 6.07 Å². The molecule has 2 heterocycles. The van der Waals surface area contributed by atoms with Crippen LogP contribution in [0.3, 0.4) is 0 Å². The number of aliphatic hydroxyl groups excluding tert-OH is 1. The molecule has 0 aliphatic carbocycles. The average Bonchev–Trinajstić information content (AvgIpc) is 3.13. The Balaban J connectivity index is 1.62. The Morgan fingerprint density at radius 1 is 1.34 bits per heavy atom. The van der Waals surface area contributed by atoms with Gasteiger partial charge < -0.3 is 14.6 Å². The molecule has 0 fully saturated rings. The van der Waals surface area contributed by atoms with E-state index in [4.69, 9.17) is 21.1 Å². The standard InChI is InChI=1S/C19H18ClFN4O4/c1-2-28-18(27)9-15(26)8-13-11-25(24-23-13)14-3-5-16(6-4-14)29-19-17(21)7-12(20)10-22-19/h3-7,10-11,15,26H,2,8-9H2,1H3. The van der Waals surface area contributed by atoms with E-state index in [1.165, 1.54) is 10.9 Å². The summed E-state index contributed by atoms with van der Waals surface area (Å²) in [6.45, 7) is 1.97. The number of aliphatic hydroxyl groups is 1. The summed E-state index contributed by atoms with van der Waals surface area (Å²) in [5.74, 6) is -0.924. The summed E-state index contributed by atoms with van der Waals surface area (Å²) < 4.78 is 25.5. The van der Waals surface area contributed by atoms with Crippen molar-refractivity contribution >= 4 is 17.6 Å². The Labute approximate surface area is 170 Å². The maximum Gasteiger partial charge on any atom is 0.308 e. The minimum atomic E-state index is -0.906. The first-order valence-corrected chi connectivity index (χ1v) is 9.16. The molecule has 152 valence electrons. The van der Waals surface area contributed by atoms with Gasteiger partial charge in [-0.1, -0.05) is 16.8 Å². The highest BCUT2D eigenvalue weighted by Crippen LogP contribution is 2.24. The number of ether oxygens (including phenoxy) is 2. The van der Waals surface area contributed by atoms with Gasteiger partial charge in [0.25, 0.3) is 5.88 Å². The predicted octanol–water partition coefficient (Wildman–Crippen LogP) is 3.10. The molecule has 1 N–H and O–H groups in total. The van der Waals surface area contributed by atoms with Gasteiger partial charge in [0, 0.05) is 12.6 Å². The first-order valence-electron chi connectivity index (χ1n) is 8.79. The van der Waals surface area contributed by atoms with E-state index in [1.807, 2.05) is 0 Å². The summed E-state index contributed by atoms with van der Waals surface area (Å²) in [6, 6.07) is 7.78. The highest BCUT2D eigenvalue weighted by Gasteiger charge is 2.15. The molecule has 0 saturated carbocycles. The van der Waals surface area contributed by atoms with Crippen LogP contribution in [0, 0.1) is 5.82 Å². The Bertz CT molecular complexity index is 981. The number of carbonyl (C=O) groups is 1. The van der Waals surface area contributed by atoms with Gasteiger partial charge in [-0.25, -0.2) is 14.1 Å². The molecule has 1 aromatic carbocycles.